The second kappa shape index (κ2) is 8.24. The van der Waals surface area contributed by atoms with Gasteiger partial charge in [-0.1, -0.05) is 30.3 Å². The number of amides is 1. The Balaban J connectivity index is 1.40. The van der Waals surface area contributed by atoms with Crippen LogP contribution in [0, 0.1) is 0 Å². The number of hydrogen-bond donors (Lipinski definition) is 2. The zero-order valence-corrected chi connectivity index (χ0v) is 17.0. The molecular weight excluding hydrogens is 390 g/mol. The van der Waals surface area contributed by atoms with Crippen molar-refractivity contribution in [2.45, 2.75) is 18.9 Å². The van der Waals surface area contributed by atoms with E-state index in [1.165, 1.54) is 12.8 Å². The van der Waals surface area contributed by atoms with Gasteiger partial charge in [0.15, 0.2) is 0 Å². The van der Waals surface area contributed by atoms with Crippen molar-refractivity contribution in [2.75, 3.05) is 18.5 Å². The van der Waals surface area contributed by atoms with Gasteiger partial charge in [0.2, 0.25) is 0 Å². The molecule has 1 heterocycles. The van der Waals surface area contributed by atoms with Crippen LogP contribution in [-0.2, 0) is 0 Å². The van der Waals surface area contributed by atoms with E-state index in [1.807, 2.05) is 36.4 Å². The largest absolute Gasteiger partial charge is 0.491 e. The molecule has 1 saturated carbocycles. The summed E-state index contributed by atoms with van der Waals surface area (Å²) in [7, 11) is 0. The highest BCUT2D eigenvalue weighted by Crippen LogP contribution is 2.41. The maximum atomic E-state index is 12.7. The van der Waals surface area contributed by atoms with Crippen molar-refractivity contribution in [3.63, 3.8) is 0 Å². The molecule has 6 heteroatoms. The maximum absolute atomic E-state index is 12.7. The molecule has 0 spiro atoms. The van der Waals surface area contributed by atoms with Crippen LogP contribution in [0.15, 0.2) is 72.8 Å². The quantitative estimate of drug-likeness (QED) is 0.462. The number of anilines is 1. The predicted molar refractivity (Wildman–Crippen MR) is 120 cm³/mol. The Morgan fingerprint density at radius 2 is 1.84 bits per heavy atom. The second-order valence-corrected chi connectivity index (χ2v) is 7.66. The third-order valence-electron chi connectivity index (χ3n) is 5.37. The number of aromatic nitrogens is 2. The summed E-state index contributed by atoms with van der Waals surface area (Å²) in [6.45, 7) is 0.178. The predicted octanol–water partition coefficient (Wildman–Crippen LogP) is 4.66. The zero-order chi connectivity index (χ0) is 21.2. The third kappa shape index (κ3) is 4.02. The van der Waals surface area contributed by atoms with Gasteiger partial charge in [-0.15, -0.1) is 0 Å². The first kappa shape index (κ1) is 19.3. The Bertz CT molecular complexity index is 1210. The number of hydrogen-bond acceptors (Lipinski definition) is 4. The smallest absolute Gasteiger partial charge is 0.255 e. The molecule has 1 aliphatic rings. The van der Waals surface area contributed by atoms with Crippen LogP contribution >= 0.6 is 0 Å². The van der Waals surface area contributed by atoms with Crippen molar-refractivity contribution < 1.29 is 14.6 Å². The standard InChI is InChI=1S/C25H23N3O3/c29-14-15-31-21-11-6-18(7-12-21)25(30)26-19-8-13-23-22(16-19)27-24(28(23)20-9-10-20)17-4-2-1-3-5-17/h1-8,11-13,16,20,29H,9-10,14-15H2,(H,26,30). The monoisotopic (exact) mass is 413 g/mol. The molecule has 1 fully saturated rings. The van der Waals surface area contributed by atoms with Crippen LogP contribution in [0.25, 0.3) is 22.4 Å². The van der Waals surface area contributed by atoms with Crippen molar-refractivity contribution in [1.29, 1.82) is 0 Å². The molecule has 5 rings (SSSR count). The topological polar surface area (TPSA) is 76.4 Å². The molecule has 2 N–H and O–H groups in total. The van der Waals surface area contributed by atoms with Gasteiger partial charge < -0.3 is 19.7 Å². The van der Waals surface area contributed by atoms with Crippen LogP contribution in [0.2, 0.25) is 0 Å². The van der Waals surface area contributed by atoms with Gasteiger partial charge in [0.05, 0.1) is 17.6 Å². The van der Waals surface area contributed by atoms with Gasteiger partial charge in [-0.05, 0) is 55.3 Å². The molecule has 3 aromatic carbocycles. The number of fused-ring (bicyclic) bond motifs is 1. The molecule has 0 bridgehead atoms. The lowest BCUT2D eigenvalue weighted by Gasteiger charge is -2.09. The highest BCUT2D eigenvalue weighted by molar-refractivity contribution is 6.05. The van der Waals surface area contributed by atoms with Gasteiger partial charge in [0, 0.05) is 22.9 Å². The second-order valence-electron chi connectivity index (χ2n) is 7.66. The highest BCUT2D eigenvalue weighted by Gasteiger charge is 2.28. The average Bonchev–Trinajstić information content (AvgIpc) is 3.58. The van der Waals surface area contributed by atoms with Crippen LogP contribution in [0.4, 0.5) is 5.69 Å². The maximum Gasteiger partial charge on any atom is 0.255 e. The summed E-state index contributed by atoms with van der Waals surface area (Å²) in [5.41, 5.74) is 4.30. The van der Waals surface area contributed by atoms with Crippen LogP contribution in [0.5, 0.6) is 5.75 Å². The normalized spacial score (nSPS) is 13.3. The number of imidazole rings is 1. The van der Waals surface area contributed by atoms with Crippen molar-refractivity contribution in [3.05, 3.63) is 78.4 Å². The van der Waals surface area contributed by atoms with Crippen LogP contribution in [0.1, 0.15) is 29.2 Å². The summed E-state index contributed by atoms with van der Waals surface area (Å²) in [5, 5.41) is 11.8. The van der Waals surface area contributed by atoms with E-state index in [2.05, 4.69) is 22.0 Å². The highest BCUT2D eigenvalue weighted by atomic mass is 16.5. The van der Waals surface area contributed by atoms with E-state index in [1.54, 1.807) is 24.3 Å². The molecule has 31 heavy (non-hydrogen) atoms. The SMILES string of the molecule is O=C(Nc1ccc2c(c1)nc(-c1ccccc1)n2C1CC1)c1ccc(OCCO)cc1. The number of benzene rings is 3. The van der Waals surface area contributed by atoms with Crippen molar-refractivity contribution in [3.8, 4) is 17.1 Å². The minimum Gasteiger partial charge on any atom is -0.491 e. The summed E-state index contributed by atoms with van der Waals surface area (Å²) in [6, 6.07) is 23.4. The fourth-order valence-electron chi connectivity index (χ4n) is 3.74. The number of nitrogens with one attached hydrogen (secondary N) is 1. The van der Waals surface area contributed by atoms with Gasteiger partial charge in [0.25, 0.3) is 5.91 Å². The lowest BCUT2D eigenvalue weighted by Crippen LogP contribution is -2.11. The number of aliphatic hydroxyl groups excluding tert-OH is 1. The number of carbonyl (C=O) groups is 1. The van der Waals surface area contributed by atoms with Crippen molar-refractivity contribution in [2.24, 2.45) is 0 Å². The molecule has 1 aromatic heterocycles. The van der Waals surface area contributed by atoms with E-state index >= 15 is 0 Å². The van der Waals surface area contributed by atoms with Crippen LogP contribution in [0.3, 0.4) is 0 Å². The molecule has 156 valence electrons. The fraction of sp³-hybridized carbons (Fsp3) is 0.200. The first-order valence-corrected chi connectivity index (χ1v) is 10.5. The lowest BCUT2D eigenvalue weighted by molar-refractivity contribution is 0.102. The van der Waals surface area contributed by atoms with Crippen molar-refractivity contribution >= 4 is 22.6 Å². The Labute approximate surface area is 180 Å². The zero-order valence-electron chi connectivity index (χ0n) is 17.0. The fourth-order valence-corrected chi connectivity index (χ4v) is 3.74. The molecule has 6 nitrogen and oxygen atoms in total. The van der Waals surface area contributed by atoms with E-state index in [0.717, 1.165) is 22.4 Å². The summed E-state index contributed by atoms with van der Waals surface area (Å²) < 4.78 is 7.66. The minimum atomic E-state index is -0.196. The minimum absolute atomic E-state index is 0.0484. The molecule has 0 unspecified atom stereocenters. The Hall–Kier alpha value is -3.64. The number of nitrogens with zero attached hydrogens (tertiary/aromatic N) is 2. The van der Waals surface area contributed by atoms with Gasteiger partial charge in [-0.2, -0.15) is 0 Å². The summed E-state index contributed by atoms with van der Waals surface area (Å²) >= 11 is 0. The Morgan fingerprint density at radius 3 is 2.55 bits per heavy atom. The Kier molecular flexibility index (Phi) is 5.14. The molecule has 0 saturated heterocycles. The molecule has 0 aliphatic heterocycles. The van der Waals surface area contributed by atoms with E-state index < -0.39 is 0 Å². The lowest BCUT2D eigenvalue weighted by atomic mass is 10.2. The molecule has 0 radical (unpaired) electrons. The van der Waals surface area contributed by atoms with Crippen molar-refractivity contribution in [1.82, 2.24) is 9.55 Å². The molecule has 1 aliphatic carbocycles. The van der Waals surface area contributed by atoms with Gasteiger partial charge in [-0.3, -0.25) is 4.79 Å². The number of carbonyl (C=O) groups excluding carboxylic acids is 1. The van der Waals surface area contributed by atoms with Gasteiger partial charge in [-0.25, -0.2) is 4.98 Å². The van der Waals surface area contributed by atoms with Gasteiger partial charge >= 0.3 is 0 Å². The number of ether oxygens (including phenoxy) is 1. The van der Waals surface area contributed by atoms with Gasteiger partial charge in [0.1, 0.15) is 18.2 Å². The van der Waals surface area contributed by atoms with Crippen LogP contribution in [-0.4, -0.2) is 33.8 Å². The third-order valence-corrected chi connectivity index (χ3v) is 5.37. The summed E-state index contributed by atoms with van der Waals surface area (Å²) in [4.78, 5) is 17.6. The number of rotatable bonds is 7. The first-order chi connectivity index (χ1) is 15.2. The van der Waals surface area contributed by atoms with E-state index in [-0.39, 0.29) is 19.1 Å². The van der Waals surface area contributed by atoms with E-state index in [9.17, 15) is 4.79 Å². The van der Waals surface area contributed by atoms with E-state index in [4.69, 9.17) is 14.8 Å². The summed E-state index contributed by atoms with van der Waals surface area (Å²) in [6.07, 6.45) is 2.34. The number of aliphatic hydroxyl groups is 1. The average molecular weight is 413 g/mol. The summed E-state index contributed by atoms with van der Waals surface area (Å²) in [5.74, 6) is 1.39. The molecular formula is C25H23N3O3. The first-order valence-electron chi connectivity index (χ1n) is 10.5. The van der Waals surface area contributed by atoms with E-state index in [0.29, 0.717) is 23.0 Å². The molecule has 0 atom stereocenters. The molecule has 4 aromatic rings. The molecule has 1 amide bonds. The van der Waals surface area contributed by atoms with Crippen LogP contribution < -0.4 is 10.1 Å². The Morgan fingerprint density at radius 1 is 1.06 bits per heavy atom.